The number of rotatable bonds is 81. The van der Waals surface area contributed by atoms with E-state index in [0.717, 1.165) is 51.4 Å². The Morgan fingerprint density at radius 1 is 0.301 bits per heavy atom. The topological polar surface area (TPSA) is 95.9 Å². The van der Waals surface area contributed by atoms with Gasteiger partial charge in [0.1, 0.15) is 0 Å². The second-order valence-corrected chi connectivity index (χ2v) is 29.5. The highest BCUT2D eigenvalue weighted by atomic mass is 16.5. The van der Waals surface area contributed by atoms with Crippen LogP contribution in [0.4, 0.5) is 0 Å². The van der Waals surface area contributed by atoms with E-state index in [1.54, 1.807) is 6.08 Å². The number of amides is 1. The molecule has 0 aromatic rings. The zero-order valence-corrected chi connectivity index (χ0v) is 63.3. The molecule has 0 rings (SSSR count). The first-order valence-corrected chi connectivity index (χ1v) is 42.8. The van der Waals surface area contributed by atoms with Gasteiger partial charge in [0.2, 0.25) is 5.91 Å². The van der Waals surface area contributed by atoms with Crippen molar-refractivity contribution >= 4 is 11.9 Å². The van der Waals surface area contributed by atoms with Crippen molar-refractivity contribution in [2.75, 3.05) is 13.2 Å². The van der Waals surface area contributed by atoms with Gasteiger partial charge < -0.3 is 20.3 Å². The van der Waals surface area contributed by atoms with Crippen LogP contribution in [-0.2, 0) is 14.3 Å². The molecule has 0 heterocycles. The zero-order valence-electron chi connectivity index (χ0n) is 63.3. The van der Waals surface area contributed by atoms with Crippen LogP contribution >= 0.6 is 0 Å². The van der Waals surface area contributed by atoms with Crippen LogP contribution in [0.2, 0.25) is 0 Å². The minimum absolute atomic E-state index is 0.00973. The van der Waals surface area contributed by atoms with E-state index in [9.17, 15) is 19.8 Å². The number of unbranched alkanes of at least 4 members (excludes halogenated alkanes) is 66. The molecule has 0 saturated heterocycles. The van der Waals surface area contributed by atoms with Crippen molar-refractivity contribution in [2.24, 2.45) is 0 Å². The first-order chi connectivity index (χ1) is 46.0. The van der Waals surface area contributed by atoms with Gasteiger partial charge >= 0.3 is 5.97 Å². The van der Waals surface area contributed by atoms with Crippen molar-refractivity contribution in [3.63, 3.8) is 0 Å². The molecule has 550 valence electrons. The van der Waals surface area contributed by atoms with Crippen LogP contribution < -0.4 is 5.32 Å². The number of ether oxygens (including phenoxy) is 1. The third kappa shape index (κ3) is 79.0. The van der Waals surface area contributed by atoms with Crippen LogP contribution in [0.1, 0.15) is 483 Å². The Labute approximate surface area is 583 Å². The van der Waals surface area contributed by atoms with Crippen LogP contribution in [0.3, 0.4) is 0 Å². The maximum Gasteiger partial charge on any atom is 0.305 e. The third-order valence-corrected chi connectivity index (χ3v) is 20.2. The SMILES string of the molecule is CCCCCC/C=C\C/C=C\CCCCCCCC(=O)OCCCCCCCCCCCCCCCCCCCCCCCCCCCCCCCCCCCCCC(=O)NC(CO)C(O)/C=C/CCCCCCCCCCCCCCCCCCCCCCCCC. The number of hydrogen-bond acceptors (Lipinski definition) is 5. The molecule has 0 aromatic carbocycles. The lowest BCUT2D eigenvalue weighted by molar-refractivity contribution is -0.143. The summed E-state index contributed by atoms with van der Waals surface area (Å²) in [6.45, 7) is 4.94. The lowest BCUT2D eigenvalue weighted by atomic mass is 10.0. The van der Waals surface area contributed by atoms with E-state index in [0.29, 0.717) is 19.4 Å². The fourth-order valence-corrected chi connectivity index (χ4v) is 13.7. The van der Waals surface area contributed by atoms with E-state index >= 15 is 0 Å². The van der Waals surface area contributed by atoms with E-state index in [1.165, 1.54) is 405 Å². The first-order valence-electron chi connectivity index (χ1n) is 42.8. The van der Waals surface area contributed by atoms with Crippen LogP contribution in [0.25, 0.3) is 0 Å². The summed E-state index contributed by atoms with van der Waals surface area (Å²) in [6, 6.07) is -0.626. The third-order valence-electron chi connectivity index (χ3n) is 20.2. The number of aliphatic hydroxyl groups excluding tert-OH is 2. The number of aliphatic hydroxyl groups is 2. The highest BCUT2D eigenvalue weighted by Gasteiger charge is 2.18. The minimum Gasteiger partial charge on any atom is -0.466 e. The molecule has 3 N–H and O–H groups in total. The molecule has 0 aliphatic rings. The van der Waals surface area contributed by atoms with Crippen LogP contribution in [0.15, 0.2) is 36.5 Å². The second kappa shape index (κ2) is 82.5. The van der Waals surface area contributed by atoms with Crippen molar-refractivity contribution in [1.29, 1.82) is 0 Å². The van der Waals surface area contributed by atoms with Gasteiger partial charge in [0, 0.05) is 12.8 Å². The first kappa shape index (κ1) is 91.1. The van der Waals surface area contributed by atoms with Gasteiger partial charge in [-0.3, -0.25) is 9.59 Å². The van der Waals surface area contributed by atoms with Crippen molar-refractivity contribution in [1.82, 2.24) is 5.32 Å². The van der Waals surface area contributed by atoms with E-state index in [-0.39, 0.29) is 18.5 Å². The van der Waals surface area contributed by atoms with Crippen molar-refractivity contribution in [2.45, 2.75) is 495 Å². The number of carbonyl (C=O) groups is 2. The van der Waals surface area contributed by atoms with Gasteiger partial charge in [-0.15, -0.1) is 0 Å². The van der Waals surface area contributed by atoms with Gasteiger partial charge in [0.25, 0.3) is 0 Å². The summed E-state index contributed by atoms with van der Waals surface area (Å²) in [5.41, 5.74) is 0. The van der Waals surface area contributed by atoms with Gasteiger partial charge in [-0.25, -0.2) is 0 Å². The zero-order chi connectivity index (χ0) is 67.0. The summed E-state index contributed by atoms with van der Waals surface area (Å²) in [6.07, 6.45) is 109. The van der Waals surface area contributed by atoms with Gasteiger partial charge in [-0.1, -0.05) is 442 Å². The van der Waals surface area contributed by atoms with Crippen molar-refractivity contribution in [3.8, 4) is 0 Å². The van der Waals surface area contributed by atoms with Crippen molar-refractivity contribution < 1.29 is 24.5 Å². The Morgan fingerprint density at radius 3 is 0.828 bits per heavy atom. The van der Waals surface area contributed by atoms with E-state index in [4.69, 9.17) is 4.74 Å². The normalized spacial score (nSPS) is 12.6. The molecule has 2 unspecified atom stereocenters. The standard InChI is InChI=1S/C87H167NO5/c1-3-5-7-9-11-13-15-17-19-21-22-23-24-36-39-42-45-48-51-55-59-63-67-71-75-79-85(90)84(83-89)88-86(91)80-76-72-68-64-60-56-52-49-46-43-40-37-34-32-30-28-26-25-27-29-31-33-35-38-41-44-47-50-54-58-62-66-70-74-78-82-93-87(92)81-77-73-69-65-61-57-53-20-18-16-14-12-10-8-6-4-2/h14,16,20,53,75,79,84-85,89-90H,3-13,15,17-19,21-52,54-74,76-78,80-83H2,1-2H3,(H,88,91)/b16-14-,53-20-,79-75+. The fraction of sp³-hybridized carbons (Fsp3) is 0.908. The molecule has 0 saturated carbocycles. The molecule has 0 fully saturated rings. The molecule has 6 nitrogen and oxygen atoms in total. The fourth-order valence-electron chi connectivity index (χ4n) is 13.7. The summed E-state index contributed by atoms with van der Waals surface area (Å²) in [5.74, 6) is -0.0474. The highest BCUT2D eigenvalue weighted by Crippen LogP contribution is 2.21. The molecule has 2 atom stereocenters. The second-order valence-electron chi connectivity index (χ2n) is 29.5. The summed E-state index contributed by atoms with van der Waals surface area (Å²) in [7, 11) is 0. The summed E-state index contributed by atoms with van der Waals surface area (Å²) < 4.78 is 5.50. The molecular weight excluding hydrogens is 1140 g/mol. The predicted octanol–water partition coefficient (Wildman–Crippen LogP) is 28.6. The average molecular weight is 1310 g/mol. The Balaban J connectivity index is 3.34. The number of hydrogen-bond donors (Lipinski definition) is 3. The molecule has 0 aliphatic heterocycles. The number of esters is 1. The molecule has 0 spiro atoms. The van der Waals surface area contributed by atoms with Gasteiger partial charge in [0.15, 0.2) is 0 Å². The molecule has 0 radical (unpaired) electrons. The average Bonchev–Trinajstić information content (AvgIpc) is 3.78. The summed E-state index contributed by atoms with van der Waals surface area (Å²) >= 11 is 0. The Kier molecular flexibility index (Phi) is 80.8. The predicted molar refractivity (Wildman–Crippen MR) is 412 cm³/mol. The van der Waals surface area contributed by atoms with E-state index in [2.05, 4.69) is 43.5 Å². The lowest BCUT2D eigenvalue weighted by Gasteiger charge is -2.20. The minimum atomic E-state index is -0.843. The lowest BCUT2D eigenvalue weighted by Crippen LogP contribution is -2.45. The Morgan fingerprint density at radius 2 is 0.538 bits per heavy atom. The quantitative estimate of drug-likeness (QED) is 0.0320. The Hall–Kier alpha value is -1.92. The monoisotopic (exact) mass is 1310 g/mol. The number of allylic oxidation sites excluding steroid dienone is 5. The summed E-state index contributed by atoms with van der Waals surface area (Å²) in [5, 5.41) is 23.3. The Bertz CT molecular complexity index is 1510. The molecule has 1 amide bonds. The maximum absolute atomic E-state index is 12.6. The van der Waals surface area contributed by atoms with E-state index < -0.39 is 12.1 Å². The van der Waals surface area contributed by atoms with Crippen LogP contribution in [-0.4, -0.2) is 47.4 Å². The van der Waals surface area contributed by atoms with Crippen LogP contribution in [0, 0.1) is 0 Å². The van der Waals surface area contributed by atoms with Gasteiger partial charge in [-0.2, -0.15) is 0 Å². The smallest absolute Gasteiger partial charge is 0.305 e. The molecule has 6 heteroatoms. The molecule has 0 aromatic heterocycles. The maximum atomic E-state index is 12.6. The molecule has 93 heavy (non-hydrogen) atoms. The largest absolute Gasteiger partial charge is 0.466 e. The van der Waals surface area contributed by atoms with Gasteiger partial charge in [-0.05, 0) is 64.2 Å². The number of carbonyl (C=O) groups excluding carboxylic acids is 2. The van der Waals surface area contributed by atoms with Gasteiger partial charge in [0.05, 0.1) is 25.4 Å². The van der Waals surface area contributed by atoms with Crippen molar-refractivity contribution in [3.05, 3.63) is 36.5 Å². The molecular formula is C87H167NO5. The molecule has 0 aliphatic carbocycles. The molecule has 0 bridgehead atoms. The summed E-state index contributed by atoms with van der Waals surface area (Å²) in [4.78, 5) is 24.7. The number of nitrogens with one attached hydrogen (secondary N) is 1. The van der Waals surface area contributed by atoms with E-state index in [1.807, 2.05) is 6.08 Å². The van der Waals surface area contributed by atoms with Crippen LogP contribution in [0.5, 0.6) is 0 Å². The highest BCUT2D eigenvalue weighted by molar-refractivity contribution is 5.76.